The van der Waals surface area contributed by atoms with Gasteiger partial charge in [-0.15, -0.1) is 0 Å². The van der Waals surface area contributed by atoms with E-state index in [0.29, 0.717) is 17.2 Å². The van der Waals surface area contributed by atoms with Gasteiger partial charge in [0.1, 0.15) is 23.8 Å². The Labute approximate surface area is 86.8 Å². The topological polar surface area (TPSA) is 60.2 Å². The summed E-state index contributed by atoms with van der Waals surface area (Å²) in [6.45, 7) is 0. The Balaban J connectivity index is 2.44. The second-order valence-corrected chi connectivity index (χ2v) is 3.07. The third kappa shape index (κ3) is 1.56. The summed E-state index contributed by atoms with van der Waals surface area (Å²) in [4.78, 5) is 19.2. The first-order chi connectivity index (χ1) is 7.26. The number of aliphatic imine (C=N–C) groups is 2. The molecule has 5 heteroatoms. The summed E-state index contributed by atoms with van der Waals surface area (Å²) < 4.78 is 10.2. The van der Waals surface area contributed by atoms with E-state index >= 15 is 0 Å². The molecule has 0 bridgehead atoms. The molecule has 0 aromatic rings. The molecule has 0 spiro atoms. The first-order valence-electron chi connectivity index (χ1n) is 4.41. The molecule has 5 nitrogen and oxygen atoms in total. The first kappa shape index (κ1) is 9.64. The minimum Gasteiger partial charge on any atom is -0.500 e. The highest BCUT2D eigenvalue weighted by atomic mass is 16.5. The summed E-state index contributed by atoms with van der Waals surface area (Å²) >= 11 is 0. The maximum atomic E-state index is 11.5. The van der Waals surface area contributed by atoms with Crippen LogP contribution in [-0.4, -0.2) is 32.2 Å². The normalized spacial score (nSPS) is 23.7. The average molecular weight is 206 g/mol. The average Bonchev–Trinajstić information content (AvgIpc) is 2.27. The van der Waals surface area contributed by atoms with Crippen molar-refractivity contribution in [1.29, 1.82) is 0 Å². The molecule has 0 aromatic heterocycles. The molecule has 0 fully saturated rings. The quantitative estimate of drug-likeness (QED) is 0.667. The number of carbonyl (C=O) groups is 1. The van der Waals surface area contributed by atoms with Gasteiger partial charge in [-0.1, -0.05) is 0 Å². The van der Waals surface area contributed by atoms with E-state index in [4.69, 9.17) is 9.47 Å². The van der Waals surface area contributed by atoms with E-state index < -0.39 is 5.92 Å². The van der Waals surface area contributed by atoms with Crippen LogP contribution >= 0.6 is 0 Å². The molecule has 0 saturated heterocycles. The van der Waals surface area contributed by atoms with E-state index in [1.165, 1.54) is 13.4 Å². The minimum absolute atomic E-state index is 0.264. The molecule has 1 atom stereocenters. The van der Waals surface area contributed by atoms with Crippen LogP contribution in [0.25, 0.3) is 0 Å². The van der Waals surface area contributed by atoms with Crippen molar-refractivity contribution >= 4 is 18.0 Å². The maximum absolute atomic E-state index is 11.5. The molecule has 2 aliphatic rings. The van der Waals surface area contributed by atoms with E-state index in [1.54, 1.807) is 19.3 Å². The number of nitrogens with zero attached hydrogens (tertiary/aromatic N) is 2. The largest absolute Gasteiger partial charge is 0.500 e. The molecule has 0 N–H and O–H groups in total. The number of ether oxygens (including phenoxy) is 2. The monoisotopic (exact) mass is 206 g/mol. The van der Waals surface area contributed by atoms with Crippen molar-refractivity contribution in [2.24, 2.45) is 15.9 Å². The van der Waals surface area contributed by atoms with Crippen LogP contribution in [0.15, 0.2) is 33.7 Å². The van der Waals surface area contributed by atoms with Gasteiger partial charge in [0.25, 0.3) is 5.91 Å². The Morgan fingerprint density at radius 2 is 2.07 bits per heavy atom. The number of methoxy groups -OCH3 is 2. The lowest BCUT2D eigenvalue weighted by molar-refractivity contribution is -0.119. The zero-order valence-corrected chi connectivity index (χ0v) is 8.43. The van der Waals surface area contributed by atoms with Crippen molar-refractivity contribution in [3.63, 3.8) is 0 Å². The summed E-state index contributed by atoms with van der Waals surface area (Å²) in [6.07, 6.45) is 4.62. The fourth-order valence-corrected chi connectivity index (χ4v) is 1.52. The van der Waals surface area contributed by atoms with Crippen LogP contribution in [0.4, 0.5) is 0 Å². The van der Waals surface area contributed by atoms with Gasteiger partial charge in [-0.05, 0) is 0 Å². The molecule has 1 heterocycles. The first-order valence-corrected chi connectivity index (χ1v) is 4.41. The lowest BCUT2D eigenvalue weighted by atomic mass is 9.94. The van der Waals surface area contributed by atoms with E-state index in [9.17, 15) is 4.79 Å². The summed E-state index contributed by atoms with van der Waals surface area (Å²) in [5.74, 6) is 0.346. The van der Waals surface area contributed by atoms with Gasteiger partial charge in [0, 0.05) is 12.2 Å². The van der Waals surface area contributed by atoms with E-state index in [0.717, 1.165) is 0 Å². The number of allylic oxidation sites excluding steroid dienone is 2. The Hall–Kier alpha value is -1.91. The molecule has 15 heavy (non-hydrogen) atoms. The zero-order valence-electron chi connectivity index (χ0n) is 8.43. The standard InChI is InChI=1S/C10H10N2O3/c1-14-6-3-7-9(8(4-6)15-2)10(13)12-5-11-7/h3-5,9H,1-2H3. The second kappa shape index (κ2) is 3.68. The molecule has 1 aliphatic carbocycles. The molecule has 0 radical (unpaired) electrons. The zero-order chi connectivity index (χ0) is 10.8. The Kier molecular flexibility index (Phi) is 2.37. The summed E-state index contributed by atoms with van der Waals surface area (Å²) in [5.41, 5.74) is 0.603. The minimum atomic E-state index is -0.515. The fourth-order valence-electron chi connectivity index (χ4n) is 1.52. The molecule has 2 rings (SSSR count). The maximum Gasteiger partial charge on any atom is 0.263 e. The Morgan fingerprint density at radius 3 is 2.73 bits per heavy atom. The number of fused-ring (bicyclic) bond motifs is 1. The van der Waals surface area contributed by atoms with Gasteiger partial charge in [0.05, 0.1) is 19.9 Å². The van der Waals surface area contributed by atoms with Crippen LogP contribution in [0.2, 0.25) is 0 Å². The number of rotatable bonds is 2. The molecule has 0 saturated carbocycles. The van der Waals surface area contributed by atoms with Crippen LogP contribution in [0, 0.1) is 5.92 Å². The molecule has 1 unspecified atom stereocenters. The molecule has 78 valence electrons. The highest BCUT2D eigenvalue weighted by molar-refractivity contribution is 6.18. The number of carbonyl (C=O) groups excluding carboxylic acids is 1. The van der Waals surface area contributed by atoms with Gasteiger partial charge in [-0.25, -0.2) is 9.98 Å². The van der Waals surface area contributed by atoms with Gasteiger partial charge >= 0.3 is 0 Å². The smallest absolute Gasteiger partial charge is 0.263 e. The van der Waals surface area contributed by atoms with Crippen molar-refractivity contribution in [2.45, 2.75) is 0 Å². The highest BCUT2D eigenvalue weighted by Crippen LogP contribution is 2.25. The van der Waals surface area contributed by atoms with E-state index in [2.05, 4.69) is 9.98 Å². The van der Waals surface area contributed by atoms with E-state index in [1.807, 2.05) is 0 Å². The van der Waals surface area contributed by atoms with E-state index in [-0.39, 0.29) is 5.91 Å². The molecule has 1 aliphatic heterocycles. The van der Waals surface area contributed by atoms with Crippen LogP contribution in [-0.2, 0) is 14.3 Å². The molecule has 0 aromatic carbocycles. The van der Waals surface area contributed by atoms with Gasteiger partial charge < -0.3 is 9.47 Å². The number of amides is 1. The Bertz CT molecular complexity index is 418. The highest BCUT2D eigenvalue weighted by Gasteiger charge is 2.33. The van der Waals surface area contributed by atoms with Crippen LogP contribution in [0.1, 0.15) is 0 Å². The predicted molar refractivity (Wildman–Crippen MR) is 54.6 cm³/mol. The van der Waals surface area contributed by atoms with Gasteiger partial charge in [0.15, 0.2) is 0 Å². The van der Waals surface area contributed by atoms with Crippen LogP contribution in [0.5, 0.6) is 0 Å². The third-order valence-corrected chi connectivity index (χ3v) is 2.27. The molecular formula is C10H10N2O3. The molecular weight excluding hydrogens is 196 g/mol. The third-order valence-electron chi connectivity index (χ3n) is 2.27. The number of hydrogen-bond acceptors (Lipinski definition) is 4. The van der Waals surface area contributed by atoms with Crippen LogP contribution in [0.3, 0.4) is 0 Å². The molecule has 1 amide bonds. The van der Waals surface area contributed by atoms with Crippen molar-refractivity contribution < 1.29 is 14.3 Å². The van der Waals surface area contributed by atoms with Crippen molar-refractivity contribution in [1.82, 2.24) is 0 Å². The van der Waals surface area contributed by atoms with Gasteiger partial charge in [0.2, 0.25) is 0 Å². The fraction of sp³-hybridized carbons (Fsp3) is 0.300. The van der Waals surface area contributed by atoms with Gasteiger partial charge in [-0.3, -0.25) is 4.79 Å². The van der Waals surface area contributed by atoms with Crippen molar-refractivity contribution in [3.05, 3.63) is 23.7 Å². The SMILES string of the molecule is COC1=CC2=NC=NC(=O)C2C(OC)=C1. The van der Waals surface area contributed by atoms with Crippen molar-refractivity contribution in [3.8, 4) is 0 Å². The second-order valence-electron chi connectivity index (χ2n) is 3.07. The van der Waals surface area contributed by atoms with Crippen LogP contribution < -0.4 is 0 Å². The predicted octanol–water partition coefficient (Wildman–Crippen LogP) is 0.686. The summed E-state index contributed by atoms with van der Waals surface area (Å²) in [7, 11) is 3.06. The van der Waals surface area contributed by atoms with Gasteiger partial charge in [-0.2, -0.15) is 0 Å². The summed E-state index contributed by atoms with van der Waals surface area (Å²) in [6, 6.07) is 0. The number of hydrogen-bond donors (Lipinski definition) is 0. The lowest BCUT2D eigenvalue weighted by Gasteiger charge is -2.22. The Morgan fingerprint density at radius 1 is 1.27 bits per heavy atom. The summed E-state index contributed by atoms with van der Waals surface area (Å²) in [5, 5.41) is 0. The van der Waals surface area contributed by atoms with Crippen molar-refractivity contribution in [2.75, 3.05) is 14.2 Å². The lowest BCUT2D eigenvalue weighted by Crippen LogP contribution is -2.29.